The second-order valence-electron chi connectivity index (χ2n) is 17.2. The molecule has 2 saturated carbocycles. The molecule has 3 aromatic rings. The van der Waals surface area contributed by atoms with E-state index in [4.69, 9.17) is 19.4 Å². The van der Waals surface area contributed by atoms with Crippen LogP contribution in [0.1, 0.15) is 102 Å². The summed E-state index contributed by atoms with van der Waals surface area (Å²) in [6, 6.07) is 3.28. The number of allylic oxidation sites excluding steroid dienone is 1. The van der Waals surface area contributed by atoms with Crippen LogP contribution in [0.4, 0.5) is 4.79 Å². The third-order valence-electron chi connectivity index (χ3n) is 12.5. The fourth-order valence-corrected chi connectivity index (χ4v) is 11.0. The van der Waals surface area contributed by atoms with Crippen molar-refractivity contribution in [2.45, 2.75) is 126 Å². The minimum absolute atomic E-state index is 0.0224. The average molecular weight is 862 g/mol. The molecule has 5 atom stereocenters. The number of aromatic nitrogens is 2. The molecule has 1 aromatic carbocycles. The standard InChI is InChI=1S/C43H55N7O8S2/c1-25(2)33-24-59-39(45-33)32-21-36(30-16-17-35(57-4)26(3)37(30)44-32)58-28-20-34-38(51)47-43(41(53)48-60(55,56)29-14-15-29)22-27(43)12-8-6-5-7-9-13-31(40(52)50(34)23-28)46-42(54)49-18-10-11-19-49/h8,12,16-17,21,24-25,27-29,31,34H,5-7,9-11,13-15,18-20,22-23H2,1-4H3,(H,46,54)(H,47,51)(H,48,53)/b12-8+/t27-,28-,31+,34+,43-/m1/s1. The predicted molar refractivity (Wildman–Crippen MR) is 227 cm³/mol. The zero-order valence-electron chi connectivity index (χ0n) is 34.7. The first-order valence-corrected chi connectivity index (χ1v) is 23.7. The summed E-state index contributed by atoms with van der Waals surface area (Å²) in [7, 11) is -2.29. The molecule has 17 heteroatoms. The molecule has 0 bridgehead atoms. The smallest absolute Gasteiger partial charge is 0.318 e. The number of nitrogens with zero attached hydrogens (tertiary/aromatic N) is 4. The van der Waals surface area contributed by atoms with Crippen LogP contribution < -0.4 is 24.8 Å². The van der Waals surface area contributed by atoms with Crippen molar-refractivity contribution in [3.8, 4) is 22.2 Å². The van der Waals surface area contributed by atoms with E-state index < -0.39 is 62.6 Å². The first kappa shape index (κ1) is 41.9. The van der Waals surface area contributed by atoms with Crippen LogP contribution in [0.25, 0.3) is 21.6 Å². The highest BCUT2D eigenvalue weighted by molar-refractivity contribution is 7.91. The molecule has 0 radical (unpaired) electrons. The number of likely N-dealkylation sites (tertiary alicyclic amines) is 1. The molecule has 2 aromatic heterocycles. The zero-order valence-corrected chi connectivity index (χ0v) is 36.3. The van der Waals surface area contributed by atoms with Crippen LogP contribution in [0.2, 0.25) is 0 Å². The number of rotatable bonds is 9. The van der Waals surface area contributed by atoms with Gasteiger partial charge in [-0.25, -0.2) is 23.2 Å². The summed E-state index contributed by atoms with van der Waals surface area (Å²) < 4.78 is 40.7. The van der Waals surface area contributed by atoms with Gasteiger partial charge in [0.2, 0.25) is 21.8 Å². The Bertz CT molecular complexity index is 2300. The van der Waals surface area contributed by atoms with Gasteiger partial charge in [-0.15, -0.1) is 11.3 Å². The van der Waals surface area contributed by atoms with E-state index in [0.29, 0.717) is 73.3 Å². The van der Waals surface area contributed by atoms with Crippen molar-refractivity contribution in [3.63, 3.8) is 0 Å². The molecular formula is C43H55N7O8S2. The van der Waals surface area contributed by atoms with Crippen molar-refractivity contribution < 1.29 is 37.1 Å². The molecule has 3 aliphatic heterocycles. The third-order valence-corrected chi connectivity index (χ3v) is 15.2. The van der Waals surface area contributed by atoms with E-state index in [2.05, 4.69) is 29.2 Å². The number of aryl methyl sites for hydroxylation is 1. The molecule has 322 valence electrons. The summed E-state index contributed by atoms with van der Waals surface area (Å²) in [6.45, 7) is 7.33. The number of urea groups is 1. The highest BCUT2D eigenvalue weighted by Crippen LogP contribution is 2.46. The molecule has 5 aliphatic rings. The van der Waals surface area contributed by atoms with Crippen LogP contribution in [0, 0.1) is 12.8 Å². The molecule has 0 spiro atoms. The van der Waals surface area contributed by atoms with E-state index >= 15 is 0 Å². The molecule has 2 aliphatic carbocycles. The zero-order chi connectivity index (χ0) is 42.3. The molecule has 60 heavy (non-hydrogen) atoms. The van der Waals surface area contributed by atoms with E-state index in [1.165, 1.54) is 16.2 Å². The number of benzene rings is 1. The lowest BCUT2D eigenvalue weighted by molar-refractivity contribution is -0.141. The van der Waals surface area contributed by atoms with Gasteiger partial charge in [0.1, 0.15) is 45.9 Å². The fourth-order valence-electron chi connectivity index (χ4n) is 8.66. The maximum atomic E-state index is 14.8. The quantitative estimate of drug-likeness (QED) is 0.238. The maximum absolute atomic E-state index is 14.8. The predicted octanol–water partition coefficient (Wildman–Crippen LogP) is 5.32. The van der Waals surface area contributed by atoms with Crippen molar-refractivity contribution in [1.82, 2.24) is 35.1 Å². The molecule has 4 fully saturated rings. The van der Waals surface area contributed by atoms with E-state index in [9.17, 15) is 27.6 Å². The minimum Gasteiger partial charge on any atom is -0.496 e. The van der Waals surface area contributed by atoms with Crippen LogP contribution >= 0.6 is 11.3 Å². The van der Waals surface area contributed by atoms with Gasteiger partial charge in [0.25, 0.3) is 5.91 Å². The largest absolute Gasteiger partial charge is 0.496 e. The topological polar surface area (TPSA) is 189 Å². The monoisotopic (exact) mass is 861 g/mol. The number of nitrogens with one attached hydrogen (secondary N) is 3. The third kappa shape index (κ3) is 8.56. The molecule has 5 amide bonds. The molecule has 2 saturated heterocycles. The van der Waals surface area contributed by atoms with Crippen LogP contribution in [-0.4, -0.2) is 108 Å². The van der Waals surface area contributed by atoms with Crippen molar-refractivity contribution in [2.75, 3.05) is 26.7 Å². The summed E-state index contributed by atoms with van der Waals surface area (Å²) in [5.41, 5.74) is 1.54. The Kier molecular flexibility index (Phi) is 11.8. The van der Waals surface area contributed by atoms with Crippen molar-refractivity contribution in [1.29, 1.82) is 0 Å². The Morgan fingerprint density at radius 1 is 1.03 bits per heavy atom. The van der Waals surface area contributed by atoms with Gasteiger partial charge in [0, 0.05) is 47.8 Å². The van der Waals surface area contributed by atoms with Crippen molar-refractivity contribution in [3.05, 3.63) is 47.0 Å². The van der Waals surface area contributed by atoms with E-state index in [0.717, 1.165) is 41.9 Å². The molecular weight excluding hydrogens is 807 g/mol. The number of ether oxygens (including phenoxy) is 2. The first-order chi connectivity index (χ1) is 28.8. The Morgan fingerprint density at radius 2 is 1.82 bits per heavy atom. The van der Waals surface area contributed by atoms with Crippen LogP contribution in [0.3, 0.4) is 0 Å². The highest BCUT2D eigenvalue weighted by Gasteiger charge is 2.62. The van der Waals surface area contributed by atoms with Gasteiger partial charge < -0.3 is 29.9 Å². The number of thiazole rings is 1. The van der Waals surface area contributed by atoms with Crippen molar-refractivity contribution >= 4 is 56.0 Å². The Morgan fingerprint density at radius 3 is 2.53 bits per heavy atom. The number of amides is 5. The van der Waals surface area contributed by atoms with Crippen LogP contribution in [0.5, 0.6) is 11.5 Å². The summed E-state index contributed by atoms with van der Waals surface area (Å²) >= 11 is 1.49. The van der Waals surface area contributed by atoms with Gasteiger partial charge in [-0.3, -0.25) is 19.1 Å². The number of carbonyl (C=O) groups is 4. The number of methoxy groups -OCH3 is 1. The van der Waals surface area contributed by atoms with Gasteiger partial charge in [0.15, 0.2) is 0 Å². The lowest BCUT2D eigenvalue weighted by Crippen LogP contribution is -2.58. The lowest BCUT2D eigenvalue weighted by atomic mass is 10.0. The number of hydrogen-bond donors (Lipinski definition) is 3. The fraction of sp³-hybridized carbons (Fsp3) is 0.581. The van der Waals surface area contributed by atoms with Crippen LogP contribution in [0.15, 0.2) is 35.7 Å². The number of sulfonamides is 1. The molecule has 5 heterocycles. The van der Waals surface area contributed by atoms with Gasteiger partial charge in [-0.05, 0) is 76.3 Å². The summed E-state index contributed by atoms with van der Waals surface area (Å²) in [5, 5.41) is 8.78. The Hall–Kier alpha value is -4.77. The summed E-state index contributed by atoms with van der Waals surface area (Å²) in [5.74, 6) is -0.815. The molecule has 3 N–H and O–H groups in total. The maximum Gasteiger partial charge on any atom is 0.318 e. The van der Waals surface area contributed by atoms with E-state index in [1.807, 2.05) is 42.7 Å². The van der Waals surface area contributed by atoms with Gasteiger partial charge >= 0.3 is 6.03 Å². The van der Waals surface area contributed by atoms with Crippen molar-refractivity contribution in [2.24, 2.45) is 5.92 Å². The van der Waals surface area contributed by atoms with E-state index in [1.54, 1.807) is 12.0 Å². The molecule has 15 nitrogen and oxygen atoms in total. The van der Waals surface area contributed by atoms with Gasteiger partial charge in [-0.2, -0.15) is 0 Å². The summed E-state index contributed by atoms with van der Waals surface area (Å²) in [4.78, 5) is 69.9. The molecule has 0 unspecified atom stereocenters. The minimum atomic E-state index is -3.90. The summed E-state index contributed by atoms with van der Waals surface area (Å²) in [6.07, 6.45) is 9.62. The second-order valence-corrected chi connectivity index (χ2v) is 20.0. The van der Waals surface area contributed by atoms with Gasteiger partial charge in [0.05, 0.1) is 30.1 Å². The average Bonchev–Trinajstić information content (AvgIpc) is 3.95. The normalized spacial score (nSPS) is 26.8. The number of fused-ring (bicyclic) bond motifs is 3. The SMILES string of the molecule is COc1ccc2c(O[C@@H]3C[C@H]4C(=O)N[C@]5(C(=O)NS(=O)(=O)C6CC6)C[C@H]5/C=C/CCCCC[C@H](NC(=O)N5CCCC5)C(=O)N4C3)cc(-c3nc(C(C)C)cs3)nc2c1C. The Labute approximate surface area is 355 Å². The first-order valence-electron chi connectivity index (χ1n) is 21.3. The highest BCUT2D eigenvalue weighted by atomic mass is 32.2. The number of hydrogen-bond acceptors (Lipinski definition) is 11. The van der Waals surface area contributed by atoms with E-state index in [-0.39, 0.29) is 31.3 Å². The number of carbonyl (C=O) groups excluding carboxylic acids is 4. The Balaban J connectivity index is 1.14. The second kappa shape index (κ2) is 16.9. The van der Waals surface area contributed by atoms with Gasteiger partial charge in [-0.1, -0.05) is 38.8 Å². The lowest BCUT2D eigenvalue weighted by Gasteiger charge is -2.30. The molecule has 8 rings (SSSR count). The van der Waals surface area contributed by atoms with Crippen LogP contribution in [-0.2, 0) is 24.4 Å². The number of pyridine rings is 1.